The second kappa shape index (κ2) is 11.9. The lowest BCUT2D eigenvalue weighted by molar-refractivity contribution is -0.135. The zero-order chi connectivity index (χ0) is 24.7. The van der Waals surface area contributed by atoms with Crippen LogP contribution in [0.2, 0.25) is 0 Å². The highest BCUT2D eigenvalue weighted by Gasteiger charge is 2.27. The number of nitrogens with zero attached hydrogens (tertiary/aromatic N) is 1. The molecule has 7 nitrogen and oxygen atoms in total. The lowest BCUT2D eigenvalue weighted by atomic mass is 9.95. The molecule has 0 spiro atoms. The van der Waals surface area contributed by atoms with Gasteiger partial charge < -0.3 is 19.9 Å². The van der Waals surface area contributed by atoms with Gasteiger partial charge in [0.2, 0.25) is 11.8 Å². The summed E-state index contributed by atoms with van der Waals surface area (Å²) >= 11 is 0. The first-order chi connectivity index (χ1) is 16.3. The Morgan fingerprint density at radius 2 is 1.71 bits per heavy atom. The number of ether oxygens (including phenoxy) is 1. The number of benzene rings is 1. The highest BCUT2D eigenvalue weighted by molar-refractivity contribution is 5.90. The molecular formula is C27H37N3O4. The van der Waals surface area contributed by atoms with Gasteiger partial charge in [-0.05, 0) is 68.7 Å². The van der Waals surface area contributed by atoms with Gasteiger partial charge in [-0.1, -0.05) is 31.2 Å². The van der Waals surface area contributed by atoms with E-state index in [0.717, 1.165) is 28.8 Å². The van der Waals surface area contributed by atoms with Crippen molar-refractivity contribution in [2.24, 2.45) is 5.92 Å². The first-order valence-electron chi connectivity index (χ1n) is 12.3. The molecule has 0 atom stereocenters. The lowest BCUT2D eigenvalue weighted by Gasteiger charge is -2.31. The second-order valence-electron chi connectivity index (χ2n) is 8.99. The Kier molecular flexibility index (Phi) is 8.91. The number of hydrogen-bond donors (Lipinski definition) is 2. The molecule has 2 aromatic rings. The standard InChI is InChI=1S/C27H37N3O4/c1-5-20-7-9-21(10-8-20)17-28-26(32)22-13-15-30(16-14-22)24(31)12-11-23-18(3)25(29-19(23)4)27(33)34-6-2/h7-10,22,29H,5-6,11-17H2,1-4H3,(H,28,32). The van der Waals surface area contributed by atoms with Gasteiger partial charge in [0.05, 0.1) is 6.61 Å². The number of aromatic amines is 1. The molecule has 0 bridgehead atoms. The molecule has 34 heavy (non-hydrogen) atoms. The van der Waals surface area contributed by atoms with Gasteiger partial charge in [0.15, 0.2) is 0 Å². The van der Waals surface area contributed by atoms with E-state index in [9.17, 15) is 14.4 Å². The summed E-state index contributed by atoms with van der Waals surface area (Å²) in [5, 5.41) is 3.05. The molecule has 1 fully saturated rings. The third-order valence-corrected chi connectivity index (χ3v) is 6.78. The smallest absolute Gasteiger partial charge is 0.355 e. The summed E-state index contributed by atoms with van der Waals surface area (Å²) in [6.07, 6.45) is 3.32. The van der Waals surface area contributed by atoms with Crippen LogP contribution in [0.3, 0.4) is 0 Å². The van der Waals surface area contributed by atoms with Crippen molar-refractivity contribution in [3.63, 3.8) is 0 Å². The largest absolute Gasteiger partial charge is 0.461 e. The summed E-state index contributed by atoms with van der Waals surface area (Å²) in [4.78, 5) is 42.5. The van der Waals surface area contributed by atoms with E-state index in [1.165, 1.54) is 5.56 Å². The normalized spacial score (nSPS) is 14.2. The molecule has 0 aliphatic carbocycles. The fourth-order valence-corrected chi connectivity index (χ4v) is 4.58. The van der Waals surface area contributed by atoms with E-state index in [0.29, 0.717) is 57.6 Å². The van der Waals surface area contributed by atoms with Crippen LogP contribution in [0.25, 0.3) is 0 Å². The minimum Gasteiger partial charge on any atom is -0.461 e. The van der Waals surface area contributed by atoms with E-state index < -0.39 is 0 Å². The Morgan fingerprint density at radius 1 is 1.06 bits per heavy atom. The summed E-state index contributed by atoms with van der Waals surface area (Å²) in [6, 6.07) is 8.31. The van der Waals surface area contributed by atoms with E-state index in [2.05, 4.69) is 41.5 Å². The molecule has 184 valence electrons. The number of piperidine rings is 1. The fourth-order valence-electron chi connectivity index (χ4n) is 4.58. The molecular weight excluding hydrogens is 430 g/mol. The van der Waals surface area contributed by atoms with Crippen molar-refractivity contribution in [3.05, 3.63) is 57.9 Å². The molecule has 1 saturated heterocycles. The summed E-state index contributed by atoms with van der Waals surface area (Å²) in [6.45, 7) is 9.76. The van der Waals surface area contributed by atoms with Crippen molar-refractivity contribution >= 4 is 17.8 Å². The van der Waals surface area contributed by atoms with Crippen molar-refractivity contribution in [1.82, 2.24) is 15.2 Å². The maximum absolute atomic E-state index is 12.8. The van der Waals surface area contributed by atoms with Gasteiger partial charge >= 0.3 is 5.97 Å². The molecule has 0 saturated carbocycles. The van der Waals surface area contributed by atoms with E-state index in [-0.39, 0.29) is 23.7 Å². The number of H-pyrrole nitrogens is 1. The van der Waals surface area contributed by atoms with Gasteiger partial charge in [0, 0.05) is 37.7 Å². The molecule has 3 rings (SSSR count). The molecule has 7 heteroatoms. The van der Waals surface area contributed by atoms with Gasteiger partial charge in [0.1, 0.15) is 5.69 Å². The van der Waals surface area contributed by atoms with Crippen molar-refractivity contribution in [1.29, 1.82) is 0 Å². The van der Waals surface area contributed by atoms with Crippen molar-refractivity contribution in [3.8, 4) is 0 Å². The molecule has 2 heterocycles. The van der Waals surface area contributed by atoms with Crippen LogP contribution in [0.5, 0.6) is 0 Å². The maximum Gasteiger partial charge on any atom is 0.355 e. The first-order valence-corrected chi connectivity index (χ1v) is 12.3. The van der Waals surface area contributed by atoms with E-state index in [1.54, 1.807) is 6.92 Å². The summed E-state index contributed by atoms with van der Waals surface area (Å²) in [5.41, 5.74) is 5.59. The summed E-state index contributed by atoms with van der Waals surface area (Å²) < 4.78 is 5.10. The minimum atomic E-state index is -0.362. The molecule has 0 unspecified atom stereocenters. The zero-order valence-electron chi connectivity index (χ0n) is 20.8. The SMILES string of the molecule is CCOC(=O)c1[nH]c(C)c(CCC(=O)N2CCC(C(=O)NCc3ccc(CC)cc3)CC2)c1C. The van der Waals surface area contributed by atoms with Crippen LogP contribution >= 0.6 is 0 Å². The number of likely N-dealkylation sites (tertiary alicyclic amines) is 1. The van der Waals surface area contributed by atoms with Crippen LogP contribution < -0.4 is 5.32 Å². The lowest BCUT2D eigenvalue weighted by Crippen LogP contribution is -2.43. The number of aromatic nitrogens is 1. The van der Waals surface area contributed by atoms with Gasteiger partial charge in [0.25, 0.3) is 0 Å². The van der Waals surface area contributed by atoms with Crippen LogP contribution in [0.1, 0.15) is 71.5 Å². The maximum atomic E-state index is 12.8. The number of carbonyl (C=O) groups excluding carboxylic acids is 3. The van der Waals surface area contributed by atoms with Crippen LogP contribution in [0.15, 0.2) is 24.3 Å². The number of hydrogen-bond acceptors (Lipinski definition) is 4. The molecule has 1 aliphatic heterocycles. The topological polar surface area (TPSA) is 91.5 Å². The molecule has 2 N–H and O–H groups in total. The van der Waals surface area contributed by atoms with E-state index in [1.807, 2.05) is 18.7 Å². The number of amides is 2. The Labute approximate surface area is 202 Å². The van der Waals surface area contributed by atoms with Gasteiger partial charge in [-0.25, -0.2) is 4.79 Å². The molecule has 0 radical (unpaired) electrons. The van der Waals surface area contributed by atoms with E-state index >= 15 is 0 Å². The minimum absolute atomic E-state index is 0.0553. The predicted octanol–water partition coefficient (Wildman–Crippen LogP) is 3.86. The quantitative estimate of drug-likeness (QED) is 0.548. The molecule has 1 aliphatic rings. The Hall–Kier alpha value is -3.09. The van der Waals surface area contributed by atoms with Gasteiger partial charge in [-0.3, -0.25) is 9.59 Å². The van der Waals surface area contributed by atoms with Crippen LogP contribution in [-0.2, 0) is 33.7 Å². The molecule has 2 amide bonds. The molecule has 1 aromatic heterocycles. The number of esters is 1. The summed E-state index contributed by atoms with van der Waals surface area (Å²) in [7, 11) is 0. The summed E-state index contributed by atoms with van der Waals surface area (Å²) in [5.74, 6) is -0.261. The third-order valence-electron chi connectivity index (χ3n) is 6.78. The van der Waals surface area contributed by atoms with Gasteiger partial charge in [-0.2, -0.15) is 0 Å². The number of carbonyl (C=O) groups is 3. The van der Waals surface area contributed by atoms with Crippen LogP contribution in [-0.4, -0.2) is 47.4 Å². The third kappa shape index (κ3) is 6.27. The monoisotopic (exact) mass is 467 g/mol. The fraction of sp³-hybridized carbons (Fsp3) is 0.519. The average molecular weight is 468 g/mol. The van der Waals surface area contributed by atoms with E-state index in [4.69, 9.17) is 4.74 Å². The van der Waals surface area contributed by atoms with Crippen molar-refractivity contribution in [2.75, 3.05) is 19.7 Å². The highest BCUT2D eigenvalue weighted by Crippen LogP contribution is 2.22. The van der Waals surface area contributed by atoms with Crippen molar-refractivity contribution in [2.45, 2.75) is 66.3 Å². The second-order valence-corrected chi connectivity index (χ2v) is 8.99. The molecule has 1 aromatic carbocycles. The number of nitrogens with one attached hydrogen (secondary N) is 2. The first kappa shape index (κ1) is 25.5. The van der Waals surface area contributed by atoms with Crippen LogP contribution in [0, 0.1) is 19.8 Å². The average Bonchev–Trinajstić information content (AvgIpc) is 3.14. The number of rotatable bonds is 9. The van der Waals surface area contributed by atoms with Gasteiger partial charge in [-0.15, -0.1) is 0 Å². The van der Waals surface area contributed by atoms with Crippen molar-refractivity contribution < 1.29 is 19.1 Å². The Balaban J connectivity index is 1.44. The van der Waals surface area contributed by atoms with Crippen LogP contribution in [0.4, 0.5) is 0 Å². The number of aryl methyl sites for hydroxylation is 2. The highest BCUT2D eigenvalue weighted by atomic mass is 16.5. The predicted molar refractivity (Wildman–Crippen MR) is 132 cm³/mol. The Bertz CT molecular complexity index is 1000. The zero-order valence-corrected chi connectivity index (χ0v) is 20.8. The Morgan fingerprint density at radius 3 is 2.32 bits per heavy atom.